The number of anilines is 1. The number of para-hydroxylation sites is 1. The molecule has 5 aromatic carbocycles. The summed E-state index contributed by atoms with van der Waals surface area (Å²) in [6.45, 7) is -0.525. The molecule has 0 radical (unpaired) electrons. The molecule has 0 saturated carbocycles. The minimum atomic E-state index is -1.17. The molecule has 0 atom stereocenters. The van der Waals surface area contributed by atoms with Gasteiger partial charge in [-0.15, -0.1) is 0 Å². The predicted molar refractivity (Wildman–Crippen MR) is 179 cm³/mol. The summed E-state index contributed by atoms with van der Waals surface area (Å²) in [5.41, 5.74) is 2.54. The molecule has 5 aromatic rings. The van der Waals surface area contributed by atoms with Crippen molar-refractivity contribution in [2.24, 2.45) is 0 Å². The molecular formula is C38H32N2O8. The van der Waals surface area contributed by atoms with Gasteiger partial charge < -0.3 is 29.5 Å². The first-order valence-corrected chi connectivity index (χ1v) is 14.9. The topological polar surface area (TPSA) is 131 Å². The molecule has 0 saturated heterocycles. The second kappa shape index (κ2) is 15.7. The monoisotopic (exact) mass is 644 g/mol. The number of nitrogens with zero attached hydrogens (tertiary/aromatic N) is 1. The van der Waals surface area contributed by atoms with E-state index in [2.05, 4.69) is 5.32 Å². The fraction of sp³-hybridized carbons (Fsp3) is 0.105. The largest absolute Gasteiger partial charge is 0.497 e. The first-order valence-electron chi connectivity index (χ1n) is 14.9. The van der Waals surface area contributed by atoms with Gasteiger partial charge in [0.1, 0.15) is 29.5 Å². The minimum absolute atomic E-state index is 0.00256. The lowest BCUT2D eigenvalue weighted by molar-refractivity contribution is -0.137. The molecule has 0 fully saturated rings. The molecule has 10 nitrogen and oxygen atoms in total. The molecule has 5 rings (SSSR count). The average Bonchev–Trinajstić information content (AvgIpc) is 3.09. The van der Waals surface area contributed by atoms with Gasteiger partial charge in [0.05, 0.1) is 19.1 Å². The van der Waals surface area contributed by atoms with Crippen molar-refractivity contribution in [1.29, 1.82) is 0 Å². The quantitative estimate of drug-likeness (QED) is 0.108. The van der Waals surface area contributed by atoms with Gasteiger partial charge in [0.15, 0.2) is 0 Å². The summed E-state index contributed by atoms with van der Waals surface area (Å²) in [6.07, 6.45) is 0.159. The standard InChI is InChI=1S/C38H32N2O8/c1-46-31-17-7-26(8-18-31)23-35(41)39-30-15-11-28(12-16-30)37(44)40(25-36(42)43)24-27-9-19-34(20-10-27)48-38(45)29-13-21-33(22-14-29)47-32-5-3-2-4-6-32/h2-22H,23-25H2,1H3,(H,39,41)(H,42,43). The Kier molecular flexibility index (Phi) is 10.8. The number of hydrogen-bond acceptors (Lipinski definition) is 7. The number of benzene rings is 5. The number of methoxy groups -OCH3 is 1. The van der Waals surface area contributed by atoms with E-state index < -0.39 is 24.4 Å². The van der Waals surface area contributed by atoms with Crippen LogP contribution in [-0.4, -0.2) is 47.4 Å². The first kappa shape index (κ1) is 33.0. The van der Waals surface area contributed by atoms with Crippen LogP contribution >= 0.6 is 0 Å². The molecule has 10 heteroatoms. The van der Waals surface area contributed by atoms with Gasteiger partial charge in [-0.1, -0.05) is 42.5 Å². The van der Waals surface area contributed by atoms with Crippen molar-refractivity contribution in [1.82, 2.24) is 4.90 Å². The molecule has 0 aliphatic heterocycles. The van der Waals surface area contributed by atoms with Crippen LogP contribution in [0.15, 0.2) is 127 Å². The van der Waals surface area contributed by atoms with Crippen LogP contribution in [-0.2, 0) is 22.6 Å². The molecule has 2 N–H and O–H groups in total. The zero-order valence-corrected chi connectivity index (χ0v) is 26.0. The molecule has 0 heterocycles. The van der Waals surface area contributed by atoms with E-state index >= 15 is 0 Å². The summed E-state index contributed by atoms with van der Waals surface area (Å²) in [5.74, 6) is -0.218. The summed E-state index contributed by atoms with van der Waals surface area (Å²) < 4.78 is 16.4. The number of carbonyl (C=O) groups excluding carboxylic acids is 3. The average molecular weight is 645 g/mol. The Labute approximate surface area is 277 Å². The molecule has 48 heavy (non-hydrogen) atoms. The second-order valence-corrected chi connectivity index (χ2v) is 10.7. The van der Waals surface area contributed by atoms with Crippen LogP contribution in [0.4, 0.5) is 5.69 Å². The molecule has 0 aromatic heterocycles. The van der Waals surface area contributed by atoms with Gasteiger partial charge in [-0.3, -0.25) is 14.4 Å². The Morgan fingerprint density at radius 1 is 0.646 bits per heavy atom. The molecule has 2 amide bonds. The van der Waals surface area contributed by atoms with Gasteiger partial charge in [-0.2, -0.15) is 0 Å². The van der Waals surface area contributed by atoms with E-state index in [4.69, 9.17) is 14.2 Å². The maximum Gasteiger partial charge on any atom is 0.343 e. The third-order valence-electron chi connectivity index (χ3n) is 7.13. The van der Waals surface area contributed by atoms with Crippen LogP contribution in [0.5, 0.6) is 23.0 Å². The Morgan fingerprint density at radius 2 is 1.21 bits per heavy atom. The summed E-state index contributed by atoms with van der Waals surface area (Å²) in [7, 11) is 1.57. The lowest BCUT2D eigenvalue weighted by Crippen LogP contribution is -2.35. The van der Waals surface area contributed by atoms with E-state index in [1.807, 2.05) is 30.3 Å². The number of nitrogens with one attached hydrogen (secondary N) is 1. The smallest absolute Gasteiger partial charge is 0.343 e. The van der Waals surface area contributed by atoms with Gasteiger partial charge >= 0.3 is 11.9 Å². The predicted octanol–water partition coefficient (Wildman–Crippen LogP) is 6.61. The number of carboxylic acids is 1. The van der Waals surface area contributed by atoms with Crippen molar-refractivity contribution < 1.29 is 38.5 Å². The second-order valence-electron chi connectivity index (χ2n) is 10.7. The number of hydrogen-bond donors (Lipinski definition) is 2. The van der Waals surface area contributed by atoms with Crippen molar-refractivity contribution in [3.8, 4) is 23.0 Å². The number of amides is 2. The molecule has 0 aliphatic rings. The number of ether oxygens (including phenoxy) is 3. The van der Waals surface area contributed by atoms with E-state index in [9.17, 15) is 24.3 Å². The molecule has 0 bridgehead atoms. The van der Waals surface area contributed by atoms with Gasteiger partial charge in [0, 0.05) is 17.8 Å². The van der Waals surface area contributed by atoms with Crippen LogP contribution in [0.25, 0.3) is 0 Å². The third kappa shape index (κ3) is 9.30. The van der Waals surface area contributed by atoms with Crippen LogP contribution in [0, 0.1) is 0 Å². The lowest BCUT2D eigenvalue weighted by Gasteiger charge is -2.21. The van der Waals surface area contributed by atoms with E-state index in [-0.39, 0.29) is 30.2 Å². The third-order valence-corrected chi connectivity index (χ3v) is 7.13. The summed E-state index contributed by atoms with van der Waals surface area (Å²) in [5, 5.41) is 12.3. The molecule has 0 unspecified atom stereocenters. The van der Waals surface area contributed by atoms with Crippen molar-refractivity contribution >= 4 is 29.4 Å². The van der Waals surface area contributed by atoms with Crippen LogP contribution < -0.4 is 19.5 Å². The van der Waals surface area contributed by atoms with Gasteiger partial charge in [-0.05, 0) is 96.1 Å². The van der Waals surface area contributed by atoms with E-state index in [0.717, 1.165) is 5.56 Å². The van der Waals surface area contributed by atoms with Crippen LogP contribution in [0.2, 0.25) is 0 Å². The van der Waals surface area contributed by atoms with E-state index in [0.29, 0.717) is 34.1 Å². The maximum absolute atomic E-state index is 13.3. The van der Waals surface area contributed by atoms with Gasteiger partial charge in [0.25, 0.3) is 5.91 Å². The van der Waals surface area contributed by atoms with Crippen molar-refractivity contribution in [3.63, 3.8) is 0 Å². The summed E-state index contributed by atoms with van der Waals surface area (Å²) >= 11 is 0. The van der Waals surface area contributed by atoms with Crippen LogP contribution in [0.1, 0.15) is 31.8 Å². The number of rotatable bonds is 13. The number of esters is 1. The molecule has 242 valence electrons. The van der Waals surface area contributed by atoms with Crippen LogP contribution in [0.3, 0.4) is 0 Å². The molecule has 0 spiro atoms. The SMILES string of the molecule is COc1ccc(CC(=O)Nc2ccc(C(=O)N(CC(=O)O)Cc3ccc(OC(=O)c4ccc(Oc5ccccc5)cc4)cc3)cc2)cc1. The van der Waals surface area contributed by atoms with E-state index in [1.165, 1.54) is 17.0 Å². The van der Waals surface area contributed by atoms with Crippen molar-refractivity contribution in [2.45, 2.75) is 13.0 Å². The highest BCUT2D eigenvalue weighted by Gasteiger charge is 2.20. The number of carbonyl (C=O) groups is 4. The Bertz CT molecular complexity index is 1860. The number of carboxylic acid groups (broad SMARTS) is 1. The summed E-state index contributed by atoms with van der Waals surface area (Å²) in [4.78, 5) is 51.3. The Balaban J connectivity index is 1.16. The van der Waals surface area contributed by atoms with Gasteiger partial charge in [-0.25, -0.2) is 4.79 Å². The lowest BCUT2D eigenvalue weighted by atomic mass is 10.1. The Hall–Kier alpha value is -6.42. The zero-order valence-electron chi connectivity index (χ0n) is 26.0. The van der Waals surface area contributed by atoms with Crippen molar-refractivity contribution in [2.75, 3.05) is 19.0 Å². The first-order chi connectivity index (χ1) is 23.2. The fourth-order valence-electron chi connectivity index (χ4n) is 4.71. The maximum atomic E-state index is 13.3. The zero-order chi connectivity index (χ0) is 33.9. The highest BCUT2D eigenvalue weighted by molar-refractivity contribution is 5.97. The molecule has 0 aliphatic carbocycles. The molecular weight excluding hydrogens is 612 g/mol. The highest BCUT2D eigenvalue weighted by Crippen LogP contribution is 2.23. The van der Waals surface area contributed by atoms with Gasteiger partial charge in [0.2, 0.25) is 5.91 Å². The summed E-state index contributed by atoms with van der Waals surface area (Å²) in [6, 6.07) is 35.7. The number of aliphatic carboxylic acids is 1. The minimum Gasteiger partial charge on any atom is -0.497 e. The van der Waals surface area contributed by atoms with Crippen molar-refractivity contribution in [3.05, 3.63) is 150 Å². The fourth-order valence-corrected chi connectivity index (χ4v) is 4.71. The Morgan fingerprint density at radius 3 is 1.83 bits per heavy atom. The highest BCUT2D eigenvalue weighted by atomic mass is 16.5. The normalized spacial score (nSPS) is 10.4. The van der Waals surface area contributed by atoms with E-state index in [1.54, 1.807) is 92.0 Å².